The minimum atomic E-state index is -0.979. The lowest BCUT2D eigenvalue weighted by Crippen LogP contribution is -2.41. The highest BCUT2D eigenvalue weighted by atomic mass is 35.5. The van der Waals surface area contributed by atoms with Crippen LogP contribution in [-0.4, -0.2) is 29.6 Å². The molecule has 6 nitrogen and oxygen atoms in total. The molecule has 2 unspecified atom stereocenters. The van der Waals surface area contributed by atoms with E-state index in [2.05, 4.69) is 16.0 Å². The summed E-state index contributed by atoms with van der Waals surface area (Å²) in [5.74, 6) is -1.21. The molecule has 1 amide bonds. The van der Waals surface area contributed by atoms with Gasteiger partial charge in [0, 0.05) is 33.0 Å². The lowest BCUT2D eigenvalue weighted by molar-refractivity contribution is -0.138. The van der Waals surface area contributed by atoms with E-state index in [1.165, 1.54) is 0 Å². The molecule has 0 radical (unpaired) electrons. The van der Waals surface area contributed by atoms with Gasteiger partial charge in [-0.2, -0.15) is 0 Å². The zero-order valence-electron chi connectivity index (χ0n) is 14.0. The molecule has 1 aliphatic heterocycles. The topological polar surface area (TPSA) is 90.5 Å². The van der Waals surface area contributed by atoms with Gasteiger partial charge >= 0.3 is 5.97 Å². The van der Waals surface area contributed by atoms with Gasteiger partial charge in [-0.05, 0) is 30.7 Å². The van der Waals surface area contributed by atoms with Crippen LogP contribution in [0.4, 0.5) is 11.4 Å². The minimum absolute atomic E-state index is 0. The zero-order chi connectivity index (χ0) is 18.7. The fourth-order valence-corrected chi connectivity index (χ4v) is 3.57. The smallest absolute Gasteiger partial charge is 0.326 e. The maximum atomic E-state index is 12.2. The molecule has 4 N–H and O–H groups in total. The predicted molar refractivity (Wildman–Crippen MR) is 109 cm³/mol. The first-order valence-corrected chi connectivity index (χ1v) is 8.76. The van der Waals surface area contributed by atoms with Crippen LogP contribution in [0.5, 0.6) is 0 Å². The molecule has 0 spiro atoms. The quantitative estimate of drug-likeness (QED) is 0.576. The van der Waals surface area contributed by atoms with E-state index in [0.29, 0.717) is 27.0 Å². The van der Waals surface area contributed by atoms with Crippen molar-refractivity contribution in [1.29, 1.82) is 0 Å². The number of para-hydroxylation sites is 1. The van der Waals surface area contributed by atoms with Gasteiger partial charge in [-0.3, -0.25) is 4.79 Å². The number of carboxylic acid groups (broad SMARTS) is 1. The van der Waals surface area contributed by atoms with Crippen LogP contribution < -0.4 is 16.0 Å². The molecule has 1 heterocycles. The molecule has 0 aliphatic carbocycles. The first-order chi connectivity index (χ1) is 12.4. The molecule has 27 heavy (non-hydrogen) atoms. The Kier molecular flexibility index (Phi) is 7.33. The van der Waals surface area contributed by atoms with Crippen molar-refractivity contribution in [2.75, 3.05) is 17.2 Å². The second kappa shape index (κ2) is 9.28. The second-order valence-electron chi connectivity index (χ2n) is 5.97. The minimum Gasteiger partial charge on any atom is -0.480 e. The number of carbonyl (C=O) groups is 2. The van der Waals surface area contributed by atoms with E-state index < -0.39 is 18.1 Å². The van der Waals surface area contributed by atoms with E-state index in [-0.39, 0.29) is 31.3 Å². The van der Waals surface area contributed by atoms with Crippen LogP contribution in [-0.2, 0) is 9.59 Å². The van der Waals surface area contributed by atoms with Gasteiger partial charge in [-0.25, -0.2) is 4.79 Å². The van der Waals surface area contributed by atoms with E-state index in [9.17, 15) is 14.7 Å². The molecule has 144 valence electrons. The molecule has 3 rings (SSSR count). The number of rotatable bonds is 5. The van der Waals surface area contributed by atoms with E-state index in [4.69, 9.17) is 23.2 Å². The first-order valence-electron chi connectivity index (χ1n) is 8.00. The van der Waals surface area contributed by atoms with Crippen molar-refractivity contribution in [3.63, 3.8) is 0 Å². The highest BCUT2D eigenvalue weighted by molar-refractivity contribution is 6.35. The average Bonchev–Trinajstić information content (AvgIpc) is 2.59. The predicted octanol–water partition coefficient (Wildman–Crippen LogP) is 3.95. The summed E-state index contributed by atoms with van der Waals surface area (Å²) < 4.78 is 0. The lowest BCUT2D eigenvalue weighted by Gasteiger charge is -2.32. The van der Waals surface area contributed by atoms with Crippen molar-refractivity contribution in [1.82, 2.24) is 5.32 Å². The van der Waals surface area contributed by atoms with Crippen LogP contribution in [0.15, 0.2) is 42.5 Å². The van der Waals surface area contributed by atoms with Gasteiger partial charge in [0.1, 0.15) is 6.04 Å². The zero-order valence-corrected chi connectivity index (χ0v) is 16.4. The molecule has 2 aromatic carbocycles. The van der Waals surface area contributed by atoms with Crippen LogP contribution in [0.3, 0.4) is 0 Å². The Morgan fingerprint density at radius 1 is 1.19 bits per heavy atom. The Morgan fingerprint density at radius 3 is 2.56 bits per heavy atom. The number of fused-ring (bicyclic) bond motifs is 1. The molecule has 2 aromatic rings. The Bertz CT molecular complexity index is 833. The summed E-state index contributed by atoms with van der Waals surface area (Å²) in [7, 11) is 0. The van der Waals surface area contributed by atoms with Crippen molar-refractivity contribution >= 4 is 58.9 Å². The monoisotopic (exact) mass is 429 g/mol. The average molecular weight is 431 g/mol. The number of hydrogen-bond acceptors (Lipinski definition) is 4. The largest absolute Gasteiger partial charge is 0.480 e. The third kappa shape index (κ3) is 5.26. The van der Waals surface area contributed by atoms with Gasteiger partial charge in [-0.1, -0.05) is 41.4 Å². The number of hydrogen-bond donors (Lipinski definition) is 4. The van der Waals surface area contributed by atoms with Gasteiger partial charge < -0.3 is 21.1 Å². The van der Waals surface area contributed by atoms with Crippen molar-refractivity contribution in [2.24, 2.45) is 0 Å². The number of benzene rings is 2. The first kappa shape index (κ1) is 21.3. The van der Waals surface area contributed by atoms with E-state index in [1.807, 2.05) is 18.2 Å². The van der Waals surface area contributed by atoms with Crippen molar-refractivity contribution in [2.45, 2.75) is 18.5 Å². The molecule has 1 aliphatic rings. The normalized spacial score (nSPS) is 17.9. The lowest BCUT2D eigenvalue weighted by atomic mass is 9.92. The molecule has 0 saturated carbocycles. The molecule has 0 aromatic heterocycles. The molecule has 0 bridgehead atoms. The van der Waals surface area contributed by atoms with Crippen LogP contribution in [0.2, 0.25) is 10.0 Å². The van der Waals surface area contributed by atoms with Crippen LogP contribution in [0.25, 0.3) is 0 Å². The van der Waals surface area contributed by atoms with Crippen molar-refractivity contribution in [3.8, 4) is 0 Å². The van der Waals surface area contributed by atoms with Crippen molar-refractivity contribution in [3.05, 3.63) is 58.1 Å². The summed E-state index contributed by atoms with van der Waals surface area (Å²) in [6, 6.07) is 11.1. The van der Waals surface area contributed by atoms with Crippen LogP contribution in [0, 0.1) is 0 Å². The summed E-state index contributed by atoms with van der Waals surface area (Å²) >= 11 is 12.3. The maximum absolute atomic E-state index is 12.2. The van der Waals surface area contributed by atoms with E-state index in [0.717, 1.165) is 0 Å². The second-order valence-corrected chi connectivity index (χ2v) is 6.81. The van der Waals surface area contributed by atoms with Gasteiger partial charge in [0.05, 0.1) is 6.54 Å². The Labute approximate surface area is 172 Å². The standard InChI is InChI=1S/C18H17Cl2N3O3.ClH/c19-10-6-12(20)17-13(8-15(18(25)26)23-14(17)7-10)21-9-16(24)22-11-4-2-1-3-5-11;/h1-7,13,15,21,23H,8-9H2,(H,22,24)(H,25,26);1H. The number of halogens is 3. The van der Waals surface area contributed by atoms with Crippen molar-refractivity contribution < 1.29 is 14.7 Å². The van der Waals surface area contributed by atoms with Gasteiger partial charge in [0.25, 0.3) is 0 Å². The molecular weight excluding hydrogens is 413 g/mol. The number of aliphatic carboxylic acids is 1. The maximum Gasteiger partial charge on any atom is 0.326 e. The highest BCUT2D eigenvalue weighted by Crippen LogP contribution is 2.39. The molecule has 0 fully saturated rings. The molecule has 0 saturated heterocycles. The highest BCUT2D eigenvalue weighted by Gasteiger charge is 2.32. The number of anilines is 2. The molecule has 2 atom stereocenters. The van der Waals surface area contributed by atoms with Gasteiger partial charge in [0.15, 0.2) is 0 Å². The van der Waals surface area contributed by atoms with Gasteiger partial charge in [-0.15, -0.1) is 12.4 Å². The number of carbonyl (C=O) groups excluding carboxylic acids is 1. The van der Waals surface area contributed by atoms with E-state index >= 15 is 0 Å². The summed E-state index contributed by atoms with van der Waals surface area (Å²) in [6.07, 6.45) is 0.252. The molecule has 9 heteroatoms. The third-order valence-corrected chi connectivity index (χ3v) is 4.64. The SMILES string of the molecule is Cl.O=C(CNC1CC(C(=O)O)Nc2cc(Cl)cc(Cl)c21)Nc1ccccc1. The Morgan fingerprint density at radius 2 is 1.89 bits per heavy atom. The molecular formula is C18H18Cl3N3O3. The van der Waals surface area contributed by atoms with Gasteiger partial charge in [0.2, 0.25) is 5.91 Å². The van der Waals surface area contributed by atoms with Crippen LogP contribution in [0.1, 0.15) is 18.0 Å². The fraction of sp³-hybridized carbons (Fsp3) is 0.222. The summed E-state index contributed by atoms with van der Waals surface area (Å²) in [4.78, 5) is 23.6. The number of nitrogens with one attached hydrogen (secondary N) is 3. The number of amides is 1. The Balaban J connectivity index is 0.00000261. The third-order valence-electron chi connectivity index (χ3n) is 4.11. The number of carboxylic acids is 1. The summed E-state index contributed by atoms with van der Waals surface area (Å²) in [6.45, 7) is 0.0182. The van der Waals surface area contributed by atoms with Crippen LogP contribution >= 0.6 is 35.6 Å². The Hall–Kier alpha value is -1.99. The van der Waals surface area contributed by atoms with E-state index in [1.54, 1.807) is 24.3 Å². The fourth-order valence-electron chi connectivity index (χ4n) is 2.95. The summed E-state index contributed by atoms with van der Waals surface area (Å²) in [5.41, 5.74) is 1.96. The summed E-state index contributed by atoms with van der Waals surface area (Å²) in [5, 5.41) is 19.0.